The molecule has 0 spiro atoms. The Labute approximate surface area is 214 Å². The molecule has 0 bridgehead atoms. The molecule has 1 aliphatic carbocycles. The minimum absolute atomic E-state index is 0.0663. The smallest absolute Gasteiger partial charge is 0.410 e. The summed E-state index contributed by atoms with van der Waals surface area (Å²) >= 11 is 6.49. The van der Waals surface area contributed by atoms with Gasteiger partial charge < -0.3 is 19.3 Å². The number of carbonyl (C=O) groups is 1. The number of piperazine rings is 1. The first kappa shape index (κ1) is 24.5. The van der Waals surface area contributed by atoms with Gasteiger partial charge in [0.2, 0.25) is 0 Å². The molecule has 10 heteroatoms. The molecule has 1 saturated heterocycles. The van der Waals surface area contributed by atoms with Crippen LogP contribution in [0.3, 0.4) is 0 Å². The molecule has 5 rings (SSSR count). The van der Waals surface area contributed by atoms with Crippen molar-refractivity contribution < 1.29 is 18.7 Å². The number of ether oxygens (including phenoxy) is 2. The first-order valence-electron chi connectivity index (χ1n) is 12.1. The van der Waals surface area contributed by atoms with Crippen molar-refractivity contribution in [1.82, 2.24) is 19.9 Å². The van der Waals surface area contributed by atoms with Crippen molar-refractivity contribution >= 4 is 34.4 Å². The van der Waals surface area contributed by atoms with Gasteiger partial charge in [0.1, 0.15) is 22.6 Å². The van der Waals surface area contributed by atoms with E-state index in [4.69, 9.17) is 21.1 Å². The van der Waals surface area contributed by atoms with E-state index in [9.17, 15) is 4.79 Å². The van der Waals surface area contributed by atoms with E-state index < -0.39 is 11.4 Å². The standard InChI is InChI=1S/C26H29ClFN5O3/c1-26(2,3)36-25(34)33-12-10-32(11-13-33)23-17-14-29-21(20(28)22(17)30-24(31-23)35-4)16-6-5-7-18(27)19(16)15-8-9-15/h5-7,14-15H,8-13H2,1-4H3. The van der Waals surface area contributed by atoms with Crippen molar-refractivity contribution in [3.05, 3.63) is 40.8 Å². The number of carbonyl (C=O) groups excluding carboxylic acids is 1. The lowest BCUT2D eigenvalue weighted by Crippen LogP contribution is -2.50. The van der Waals surface area contributed by atoms with Crippen LogP contribution in [0.25, 0.3) is 22.2 Å². The molecule has 1 aliphatic heterocycles. The lowest BCUT2D eigenvalue weighted by molar-refractivity contribution is 0.0240. The van der Waals surface area contributed by atoms with Gasteiger partial charge in [-0.15, -0.1) is 0 Å². The van der Waals surface area contributed by atoms with Crippen LogP contribution in [-0.2, 0) is 4.74 Å². The van der Waals surface area contributed by atoms with E-state index in [1.54, 1.807) is 11.1 Å². The third-order valence-electron chi connectivity index (χ3n) is 6.35. The van der Waals surface area contributed by atoms with Crippen molar-refractivity contribution in [2.75, 3.05) is 38.2 Å². The highest BCUT2D eigenvalue weighted by Crippen LogP contribution is 2.48. The highest BCUT2D eigenvalue weighted by atomic mass is 35.5. The molecule has 2 aromatic heterocycles. The Hall–Kier alpha value is -3.20. The normalized spacial score (nSPS) is 16.4. The van der Waals surface area contributed by atoms with Gasteiger partial charge in [0, 0.05) is 43.0 Å². The van der Waals surface area contributed by atoms with E-state index in [2.05, 4.69) is 15.0 Å². The van der Waals surface area contributed by atoms with E-state index in [1.807, 2.05) is 43.9 Å². The molecular weight excluding hydrogens is 485 g/mol. The third-order valence-corrected chi connectivity index (χ3v) is 6.68. The summed E-state index contributed by atoms with van der Waals surface area (Å²) in [5.74, 6) is 0.306. The topological polar surface area (TPSA) is 80.7 Å². The fourth-order valence-electron chi connectivity index (χ4n) is 4.50. The number of pyridine rings is 1. The molecule has 1 amide bonds. The molecule has 2 aliphatic rings. The van der Waals surface area contributed by atoms with Crippen LogP contribution in [0, 0.1) is 5.82 Å². The second-order valence-electron chi connectivity index (χ2n) is 10.1. The zero-order valence-electron chi connectivity index (χ0n) is 20.8. The highest BCUT2D eigenvalue weighted by Gasteiger charge is 2.31. The van der Waals surface area contributed by atoms with E-state index >= 15 is 4.39 Å². The maximum atomic E-state index is 16.0. The summed E-state index contributed by atoms with van der Waals surface area (Å²) in [7, 11) is 1.45. The lowest BCUT2D eigenvalue weighted by Gasteiger charge is -2.36. The summed E-state index contributed by atoms with van der Waals surface area (Å²) in [5.41, 5.74) is 1.42. The molecule has 190 valence electrons. The number of methoxy groups -OCH3 is 1. The van der Waals surface area contributed by atoms with Gasteiger partial charge in [0.05, 0.1) is 12.5 Å². The summed E-state index contributed by atoms with van der Waals surface area (Å²) in [6.45, 7) is 7.41. The Kier molecular flexibility index (Phi) is 6.36. The number of amides is 1. The Morgan fingerprint density at radius 2 is 1.86 bits per heavy atom. The summed E-state index contributed by atoms with van der Waals surface area (Å²) < 4.78 is 26.8. The van der Waals surface area contributed by atoms with Gasteiger partial charge in [-0.3, -0.25) is 4.98 Å². The predicted molar refractivity (Wildman–Crippen MR) is 136 cm³/mol. The molecule has 3 aromatic rings. The number of nitrogens with zero attached hydrogens (tertiary/aromatic N) is 5. The van der Waals surface area contributed by atoms with Gasteiger partial charge in [-0.1, -0.05) is 23.7 Å². The molecule has 2 fully saturated rings. The SMILES string of the molecule is COc1nc(N2CCN(C(=O)OC(C)(C)C)CC2)c2cnc(-c3cccc(Cl)c3C3CC3)c(F)c2n1. The zero-order valence-corrected chi connectivity index (χ0v) is 21.6. The molecule has 1 aromatic carbocycles. The molecule has 0 atom stereocenters. The Balaban J connectivity index is 1.49. The minimum Gasteiger partial charge on any atom is -0.467 e. The van der Waals surface area contributed by atoms with Crippen LogP contribution in [0.5, 0.6) is 6.01 Å². The first-order chi connectivity index (χ1) is 17.2. The highest BCUT2D eigenvalue weighted by molar-refractivity contribution is 6.31. The number of anilines is 1. The number of hydrogen-bond acceptors (Lipinski definition) is 7. The maximum Gasteiger partial charge on any atom is 0.410 e. The second kappa shape index (κ2) is 9.35. The average molecular weight is 514 g/mol. The summed E-state index contributed by atoms with van der Waals surface area (Å²) in [6.07, 6.45) is 3.32. The van der Waals surface area contributed by atoms with Crippen molar-refractivity contribution in [3.8, 4) is 17.3 Å². The minimum atomic E-state index is -0.562. The Morgan fingerprint density at radius 3 is 2.50 bits per heavy atom. The third kappa shape index (κ3) is 4.76. The van der Waals surface area contributed by atoms with Crippen LogP contribution >= 0.6 is 11.6 Å². The summed E-state index contributed by atoms with van der Waals surface area (Å²) in [4.78, 5) is 29.5. The van der Waals surface area contributed by atoms with E-state index in [0.717, 1.165) is 18.4 Å². The van der Waals surface area contributed by atoms with Gasteiger partial charge >= 0.3 is 12.1 Å². The Bertz CT molecular complexity index is 1320. The largest absolute Gasteiger partial charge is 0.467 e. The monoisotopic (exact) mass is 513 g/mol. The number of benzene rings is 1. The van der Waals surface area contributed by atoms with Crippen LogP contribution in [-0.4, -0.2) is 64.8 Å². The van der Waals surface area contributed by atoms with E-state index in [-0.39, 0.29) is 23.3 Å². The predicted octanol–water partition coefficient (Wildman–Crippen LogP) is 5.43. The van der Waals surface area contributed by atoms with Gasteiger partial charge in [0.25, 0.3) is 0 Å². The van der Waals surface area contributed by atoms with Crippen molar-refractivity contribution in [3.63, 3.8) is 0 Å². The molecular formula is C26H29ClFN5O3. The number of hydrogen-bond donors (Lipinski definition) is 0. The molecule has 1 saturated carbocycles. The van der Waals surface area contributed by atoms with Crippen LogP contribution in [0.1, 0.15) is 45.1 Å². The zero-order chi connectivity index (χ0) is 25.6. The van der Waals surface area contributed by atoms with Crippen molar-refractivity contribution in [1.29, 1.82) is 0 Å². The molecule has 0 N–H and O–H groups in total. The summed E-state index contributed by atoms with van der Waals surface area (Å²) in [6, 6.07) is 5.56. The Morgan fingerprint density at radius 1 is 1.14 bits per heavy atom. The fraction of sp³-hybridized carbons (Fsp3) is 0.462. The average Bonchev–Trinajstić information content (AvgIpc) is 3.68. The first-order valence-corrected chi connectivity index (χ1v) is 12.5. The molecule has 0 unspecified atom stereocenters. The van der Waals surface area contributed by atoms with Crippen molar-refractivity contribution in [2.45, 2.75) is 45.1 Å². The van der Waals surface area contributed by atoms with Gasteiger partial charge in [-0.2, -0.15) is 9.97 Å². The lowest BCUT2D eigenvalue weighted by atomic mass is 9.99. The number of halogens is 2. The van der Waals surface area contributed by atoms with E-state index in [1.165, 1.54) is 7.11 Å². The second-order valence-corrected chi connectivity index (χ2v) is 10.6. The fourth-order valence-corrected chi connectivity index (χ4v) is 4.83. The molecule has 0 radical (unpaired) electrons. The van der Waals surface area contributed by atoms with Crippen LogP contribution < -0.4 is 9.64 Å². The maximum absolute atomic E-state index is 16.0. The molecule has 36 heavy (non-hydrogen) atoms. The molecule has 8 nitrogen and oxygen atoms in total. The summed E-state index contributed by atoms with van der Waals surface area (Å²) in [5, 5.41) is 1.11. The number of aromatic nitrogens is 3. The van der Waals surface area contributed by atoms with Crippen molar-refractivity contribution in [2.24, 2.45) is 0 Å². The van der Waals surface area contributed by atoms with E-state index in [0.29, 0.717) is 53.9 Å². The quantitative estimate of drug-likeness (QED) is 0.460. The molecule has 3 heterocycles. The van der Waals surface area contributed by atoms with Crippen LogP contribution in [0.2, 0.25) is 5.02 Å². The number of rotatable bonds is 4. The van der Waals surface area contributed by atoms with Gasteiger partial charge in [-0.25, -0.2) is 9.18 Å². The van der Waals surface area contributed by atoms with Gasteiger partial charge in [0.15, 0.2) is 5.82 Å². The van der Waals surface area contributed by atoms with Gasteiger partial charge in [-0.05, 0) is 51.2 Å². The number of fused-ring (bicyclic) bond motifs is 1. The van der Waals surface area contributed by atoms with Crippen LogP contribution in [0.15, 0.2) is 24.4 Å². The van der Waals surface area contributed by atoms with Crippen LogP contribution in [0.4, 0.5) is 15.0 Å².